The van der Waals surface area contributed by atoms with Crippen molar-refractivity contribution in [1.29, 1.82) is 0 Å². The molecule has 1 aliphatic carbocycles. The third-order valence-corrected chi connectivity index (χ3v) is 5.58. The number of hydrogen-bond acceptors (Lipinski definition) is 3. The average molecular weight is 219 g/mol. The van der Waals surface area contributed by atoms with Gasteiger partial charge in [-0.2, -0.15) is 0 Å². The van der Waals surface area contributed by atoms with Gasteiger partial charge in [-0.3, -0.25) is 0 Å². The predicted molar refractivity (Wildman–Crippen MR) is 58.9 cm³/mol. The molecule has 0 amide bonds. The molecule has 14 heavy (non-hydrogen) atoms. The van der Waals surface area contributed by atoms with Gasteiger partial charge < -0.3 is 5.73 Å². The molecule has 0 heterocycles. The summed E-state index contributed by atoms with van der Waals surface area (Å²) in [5, 5.41) is -0.107. The first-order chi connectivity index (χ1) is 6.61. The lowest BCUT2D eigenvalue weighted by Crippen LogP contribution is -2.35. The van der Waals surface area contributed by atoms with Crippen molar-refractivity contribution in [3.8, 4) is 0 Å². The highest BCUT2D eigenvalue weighted by atomic mass is 32.2. The molecule has 2 atom stereocenters. The van der Waals surface area contributed by atoms with Crippen LogP contribution < -0.4 is 5.73 Å². The minimum absolute atomic E-state index is 0.107. The lowest BCUT2D eigenvalue weighted by Gasteiger charge is -2.30. The van der Waals surface area contributed by atoms with E-state index < -0.39 is 9.84 Å². The topological polar surface area (TPSA) is 60.2 Å². The predicted octanol–water partition coefficient (Wildman–Crippen LogP) is 1.33. The standard InChI is InChI=1S/C10H21NO2S/c1-2-9-5-3-4-6-10(9)14(12,13)8-7-11/h9-10H,2-8,11H2,1H3. The van der Waals surface area contributed by atoms with Crippen molar-refractivity contribution in [1.82, 2.24) is 0 Å². The van der Waals surface area contributed by atoms with Crippen LogP contribution in [-0.2, 0) is 9.84 Å². The summed E-state index contributed by atoms with van der Waals surface area (Å²) in [6, 6.07) is 0. The van der Waals surface area contributed by atoms with Gasteiger partial charge in [0, 0.05) is 6.54 Å². The Morgan fingerprint density at radius 2 is 1.93 bits per heavy atom. The second-order valence-corrected chi connectivity index (χ2v) is 6.49. The van der Waals surface area contributed by atoms with E-state index in [1.54, 1.807) is 0 Å². The first-order valence-corrected chi connectivity index (χ1v) is 7.25. The van der Waals surface area contributed by atoms with Gasteiger partial charge in [0.25, 0.3) is 0 Å². The normalized spacial score (nSPS) is 29.0. The van der Waals surface area contributed by atoms with Gasteiger partial charge in [-0.25, -0.2) is 8.42 Å². The van der Waals surface area contributed by atoms with Crippen molar-refractivity contribution in [2.75, 3.05) is 12.3 Å². The first-order valence-electron chi connectivity index (χ1n) is 5.53. The van der Waals surface area contributed by atoms with Gasteiger partial charge in [0.05, 0.1) is 11.0 Å². The summed E-state index contributed by atoms with van der Waals surface area (Å²) < 4.78 is 23.7. The molecule has 0 aliphatic heterocycles. The third-order valence-electron chi connectivity index (χ3n) is 3.23. The van der Waals surface area contributed by atoms with E-state index in [0.29, 0.717) is 5.92 Å². The molecular formula is C10H21NO2S. The smallest absolute Gasteiger partial charge is 0.154 e. The molecule has 2 N–H and O–H groups in total. The van der Waals surface area contributed by atoms with Crippen LogP contribution in [0.3, 0.4) is 0 Å². The van der Waals surface area contributed by atoms with Crippen LogP contribution in [0.5, 0.6) is 0 Å². The summed E-state index contributed by atoms with van der Waals surface area (Å²) in [6.45, 7) is 2.34. The lowest BCUT2D eigenvalue weighted by atomic mass is 9.87. The van der Waals surface area contributed by atoms with E-state index in [-0.39, 0.29) is 17.5 Å². The number of hydrogen-bond donors (Lipinski definition) is 1. The van der Waals surface area contributed by atoms with Gasteiger partial charge in [-0.05, 0) is 18.8 Å². The highest BCUT2D eigenvalue weighted by Gasteiger charge is 2.33. The molecule has 1 saturated carbocycles. The Hall–Kier alpha value is -0.0900. The van der Waals surface area contributed by atoms with Gasteiger partial charge in [0.1, 0.15) is 0 Å². The van der Waals surface area contributed by atoms with Crippen LogP contribution in [0, 0.1) is 5.92 Å². The maximum absolute atomic E-state index is 11.9. The second-order valence-electron chi connectivity index (χ2n) is 4.15. The van der Waals surface area contributed by atoms with Crippen molar-refractivity contribution in [2.45, 2.75) is 44.3 Å². The third kappa shape index (κ3) is 2.70. The first kappa shape index (κ1) is 12.0. The fourth-order valence-electron chi connectivity index (χ4n) is 2.43. The summed E-state index contributed by atoms with van der Waals surface area (Å²) in [5.74, 6) is 0.536. The number of nitrogens with two attached hydrogens (primary N) is 1. The summed E-state index contributed by atoms with van der Waals surface area (Å²) in [4.78, 5) is 0. The van der Waals surface area contributed by atoms with E-state index in [1.807, 2.05) is 0 Å². The Morgan fingerprint density at radius 3 is 2.50 bits per heavy atom. The van der Waals surface area contributed by atoms with E-state index in [2.05, 4.69) is 6.92 Å². The van der Waals surface area contributed by atoms with Crippen LogP contribution in [0.1, 0.15) is 39.0 Å². The van der Waals surface area contributed by atoms with E-state index in [0.717, 1.165) is 25.7 Å². The summed E-state index contributed by atoms with van der Waals surface area (Å²) in [6.07, 6.45) is 5.15. The Labute approximate surface area is 87.0 Å². The van der Waals surface area contributed by atoms with Gasteiger partial charge in [0.15, 0.2) is 9.84 Å². The molecular weight excluding hydrogens is 198 g/mol. The number of rotatable bonds is 4. The highest BCUT2D eigenvalue weighted by molar-refractivity contribution is 7.92. The fraction of sp³-hybridized carbons (Fsp3) is 1.00. The molecule has 1 rings (SSSR count). The van der Waals surface area contributed by atoms with Gasteiger partial charge in [-0.1, -0.05) is 26.2 Å². The summed E-state index contributed by atoms with van der Waals surface area (Å²) >= 11 is 0. The molecule has 4 heteroatoms. The minimum atomic E-state index is -2.92. The molecule has 3 nitrogen and oxygen atoms in total. The summed E-state index contributed by atoms with van der Waals surface area (Å²) in [5.41, 5.74) is 5.33. The molecule has 0 radical (unpaired) electrons. The molecule has 0 spiro atoms. The van der Waals surface area contributed by atoms with Crippen LogP contribution in [0.25, 0.3) is 0 Å². The van der Waals surface area contributed by atoms with Crippen molar-refractivity contribution >= 4 is 9.84 Å². The molecule has 1 aliphatic rings. The molecule has 2 unspecified atom stereocenters. The lowest BCUT2D eigenvalue weighted by molar-refractivity contribution is 0.348. The zero-order chi connectivity index (χ0) is 10.6. The van der Waals surface area contributed by atoms with Crippen molar-refractivity contribution in [3.05, 3.63) is 0 Å². The average Bonchev–Trinajstić information content (AvgIpc) is 2.18. The molecule has 0 aromatic rings. The quantitative estimate of drug-likeness (QED) is 0.776. The van der Waals surface area contributed by atoms with Crippen LogP contribution >= 0.6 is 0 Å². The van der Waals surface area contributed by atoms with E-state index in [9.17, 15) is 8.42 Å². The SMILES string of the molecule is CCC1CCCCC1S(=O)(=O)CCN. The van der Waals surface area contributed by atoms with E-state index in [4.69, 9.17) is 5.73 Å². The number of sulfone groups is 1. The van der Waals surface area contributed by atoms with Crippen LogP contribution in [0.15, 0.2) is 0 Å². The molecule has 0 aromatic carbocycles. The maximum atomic E-state index is 11.9. The highest BCUT2D eigenvalue weighted by Crippen LogP contribution is 2.31. The van der Waals surface area contributed by atoms with Crippen LogP contribution in [0.2, 0.25) is 0 Å². The summed E-state index contributed by atoms with van der Waals surface area (Å²) in [7, 11) is -2.92. The van der Waals surface area contributed by atoms with Gasteiger partial charge in [0.2, 0.25) is 0 Å². The Bertz CT molecular complexity index is 261. The van der Waals surface area contributed by atoms with Crippen molar-refractivity contribution < 1.29 is 8.42 Å². The Kier molecular flexibility index (Phi) is 4.38. The monoisotopic (exact) mass is 219 g/mol. The molecule has 1 fully saturated rings. The largest absolute Gasteiger partial charge is 0.329 e. The zero-order valence-corrected chi connectivity index (χ0v) is 9.72. The molecule has 0 saturated heterocycles. The van der Waals surface area contributed by atoms with Gasteiger partial charge >= 0.3 is 0 Å². The van der Waals surface area contributed by atoms with Crippen LogP contribution in [-0.4, -0.2) is 26.0 Å². The molecule has 0 aromatic heterocycles. The Morgan fingerprint density at radius 1 is 1.29 bits per heavy atom. The van der Waals surface area contributed by atoms with Gasteiger partial charge in [-0.15, -0.1) is 0 Å². The minimum Gasteiger partial charge on any atom is -0.329 e. The fourth-order valence-corrected chi connectivity index (χ4v) is 4.50. The zero-order valence-electron chi connectivity index (χ0n) is 8.91. The second kappa shape index (κ2) is 5.12. The van der Waals surface area contributed by atoms with E-state index in [1.165, 1.54) is 6.42 Å². The van der Waals surface area contributed by atoms with E-state index >= 15 is 0 Å². The van der Waals surface area contributed by atoms with Crippen LogP contribution in [0.4, 0.5) is 0 Å². The maximum Gasteiger partial charge on any atom is 0.154 e. The molecule has 84 valence electrons. The van der Waals surface area contributed by atoms with Crippen molar-refractivity contribution in [2.24, 2.45) is 11.7 Å². The molecule has 0 bridgehead atoms. The van der Waals surface area contributed by atoms with Crippen molar-refractivity contribution in [3.63, 3.8) is 0 Å². The Balaban J connectivity index is 2.72.